The van der Waals surface area contributed by atoms with Crippen molar-refractivity contribution in [2.24, 2.45) is 5.92 Å². The van der Waals surface area contributed by atoms with E-state index in [1.165, 1.54) is 0 Å². The van der Waals surface area contributed by atoms with E-state index in [0.29, 0.717) is 24.9 Å². The van der Waals surface area contributed by atoms with Crippen molar-refractivity contribution >= 4 is 5.91 Å². The Morgan fingerprint density at radius 1 is 1.35 bits per heavy atom. The molecule has 4 aliphatic rings. The minimum atomic E-state index is -0.516. The molecule has 3 saturated heterocycles. The molecule has 4 heterocycles. The van der Waals surface area contributed by atoms with Crippen molar-refractivity contribution < 1.29 is 13.9 Å². The fraction of sp³-hybridized carbons (Fsp3) is 0.769. The van der Waals surface area contributed by atoms with Crippen LogP contribution < -0.4 is 5.76 Å². The number of rotatable bonds is 2. The summed E-state index contributed by atoms with van der Waals surface area (Å²) < 4.78 is 10.7. The largest absolute Gasteiger partial charge is 0.434 e. The highest BCUT2D eigenvalue weighted by atomic mass is 16.5. The van der Waals surface area contributed by atoms with Crippen molar-refractivity contribution in [1.29, 1.82) is 0 Å². The van der Waals surface area contributed by atoms with Gasteiger partial charge >= 0.3 is 5.76 Å². The van der Waals surface area contributed by atoms with E-state index < -0.39 is 11.4 Å². The minimum Gasteiger partial charge on any atom is -0.392 e. The summed E-state index contributed by atoms with van der Waals surface area (Å²) in [6.07, 6.45) is 3.33. The molecular formula is C13H17N3O4. The summed E-state index contributed by atoms with van der Waals surface area (Å²) in [6.45, 7) is 2.09. The van der Waals surface area contributed by atoms with Crippen LogP contribution in [0.4, 0.5) is 0 Å². The van der Waals surface area contributed by atoms with Crippen LogP contribution in [0, 0.1) is 5.92 Å². The molecule has 0 aromatic carbocycles. The maximum absolute atomic E-state index is 12.5. The Kier molecular flexibility index (Phi) is 2.54. The SMILES string of the molecule is O=C(N1CCC(c2n[nH]c(=O)o2)CC1)C12CC(CO1)C2. The zero-order valence-corrected chi connectivity index (χ0v) is 11.1. The molecule has 0 spiro atoms. The summed E-state index contributed by atoms with van der Waals surface area (Å²) in [7, 11) is 0. The number of nitrogens with zero attached hydrogens (tertiary/aromatic N) is 2. The first-order valence-corrected chi connectivity index (χ1v) is 7.15. The van der Waals surface area contributed by atoms with Crippen molar-refractivity contribution in [3.63, 3.8) is 0 Å². The van der Waals surface area contributed by atoms with Gasteiger partial charge in [0, 0.05) is 19.0 Å². The average Bonchev–Trinajstić information content (AvgIpc) is 3.12. The number of nitrogens with one attached hydrogen (secondary N) is 1. The number of aromatic amines is 1. The number of carbonyl (C=O) groups excluding carboxylic acids is 1. The number of hydrogen-bond acceptors (Lipinski definition) is 5. The van der Waals surface area contributed by atoms with Crippen molar-refractivity contribution in [3.8, 4) is 0 Å². The molecule has 1 aromatic heterocycles. The second-order valence-corrected chi connectivity index (χ2v) is 6.10. The van der Waals surface area contributed by atoms with Crippen molar-refractivity contribution in [2.75, 3.05) is 19.7 Å². The van der Waals surface area contributed by atoms with Gasteiger partial charge in [-0.1, -0.05) is 0 Å². The number of amides is 1. The van der Waals surface area contributed by atoms with Gasteiger partial charge in [-0.3, -0.25) is 4.79 Å². The van der Waals surface area contributed by atoms with Crippen LogP contribution in [-0.2, 0) is 9.53 Å². The van der Waals surface area contributed by atoms with E-state index in [-0.39, 0.29) is 11.8 Å². The molecule has 108 valence electrons. The Balaban J connectivity index is 1.40. The van der Waals surface area contributed by atoms with E-state index in [2.05, 4.69) is 10.2 Å². The predicted molar refractivity (Wildman–Crippen MR) is 67.1 cm³/mol. The standard InChI is InChI=1S/C13H17N3O4/c17-11(13-5-8(6-13)7-19-13)16-3-1-9(2-4-16)10-14-15-12(18)20-10/h8-9H,1-7H2,(H,15,18). The van der Waals surface area contributed by atoms with Gasteiger partial charge < -0.3 is 14.1 Å². The lowest BCUT2D eigenvalue weighted by atomic mass is 9.73. The monoisotopic (exact) mass is 279 g/mol. The summed E-state index contributed by atoms with van der Waals surface area (Å²) in [5.41, 5.74) is -0.504. The number of fused-ring (bicyclic) bond motifs is 1. The number of aromatic nitrogens is 2. The van der Waals surface area contributed by atoms with E-state index in [1.807, 2.05) is 4.90 Å². The number of H-pyrrole nitrogens is 1. The fourth-order valence-electron chi connectivity index (χ4n) is 3.66. The molecule has 0 unspecified atom stereocenters. The van der Waals surface area contributed by atoms with Gasteiger partial charge in [-0.2, -0.15) is 0 Å². The first-order valence-electron chi connectivity index (χ1n) is 7.15. The number of ether oxygens (including phenoxy) is 1. The second-order valence-electron chi connectivity index (χ2n) is 6.10. The van der Waals surface area contributed by atoms with Crippen LogP contribution in [0.3, 0.4) is 0 Å². The number of hydrogen-bond donors (Lipinski definition) is 1. The van der Waals surface area contributed by atoms with Crippen molar-refractivity contribution in [3.05, 3.63) is 16.4 Å². The minimum absolute atomic E-state index is 0.120. The van der Waals surface area contributed by atoms with Gasteiger partial charge in [0.05, 0.1) is 6.61 Å². The third kappa shape index (κ3) is 1.72. The van der Waals surface area contributed by atoms with E-state index >= 15 is 0 Å². The quantitative estimate of drug-likeness (QED) is 0.838. The predicted octanol–water partition coefficient (Wildman–Crippen LogP) is 0.248. The molecule has 3 aliphatic heterocycles. The summed E-state index contributed by atoms with van der Waals surface area (Å²) in [4.78, 5) is 25.4. The van der Waals surface area contributed by atoms with Crippen LogP contribution >= 0.6 is 0 Å². The lowest BCUT2D eigenvalue weighted by Gasteiger charge is -2.40. The van der Waals surface area contributed by atoms with Crippen LogP contribution in [0.15, 0.2) is 9.21 Å². The molecule has 5 rings (SSSR count). The number of carbonyl (C=O) groups is 1. The van der Waals surface area contributed by atoms with E-state index in [9.17, 15) is 9.59 Å². The molecule has 1 aromatic rings. The molecule has 4 fully saturated rings. The molecule has 2 bridgehead atoms. The lowest BCUT2D eigenvalue weighted by molar-refractivity contribution is -0.156. The molecule has 0 atom stereocenters. The summed E-state index contributed by atoms with van der Waals surface area (Å²) in [6, 6.07) is 0. The van der Waals surface area contributed by atoms with Gasteiger partial charge in [0.15, 0.2) is 0 Å². The summed E-state index contributed by atoms with van der Waals surface area (Å²) in [5, 5.41) is 6.16. The lowest BCUT2D eigenvalue weighted by Crippen LogP contribution is -2.54. The maximum Gasteiger partial charge on any atom is 0.434 e. The van der Waals surface area contributed by atoms with E-state index in [1.54, 1.807) is 0 Å². The van der Waals surface area contributed by atoms with Crippen LogP contribution in [-0.4, -0.2) is 46.3 Å². The normalized spacial score (nSPS) is 33.2. The molecule has 20 heavy (non-hydrogen) atoms. The van der Waals surface area contributed by atoms with Crippen molar-refractivity contribution in [1.82, 2.24) is 15.1 Å². The Morgan fingerprint density at radius 2 is 2.10 bits per heavy atom. The van der Waals surface area contributed by atoms with Gasteiger partial charge in [-0.05, 0) is 31.6 Å². The molecule has 1 saturated carbocycles. The average molecular weight is 279 g/mol. The van der Waals surface area contributed by atoms with E-state index in [0.717, 1.165) is 32.3 Å². The van der Waals surface area contributed by atoms with Crippen molar-refractivity contribution in [2.45, 2.75) is 37.2 Å². The summed E-state index contributed by atoms with van der Waals surface area (Å²) in [5.74, 6) is 0.801. The molecule has 1 amide bonds. The molecule has 7 nitrogen and oxygen atoms in total. The fourth-order valence-corrected chi connectivity index (χ4v) is 3.66. The maximum atomic E-state index is 12.5. The molecule has 1 aliphatic carbocycles. The third-order valence-electron chi connectivity index (χ3n) is 4.81. The third-order valence-corrected chi connectivity index (χ3v) is 4.81. The highest BCUT2D eigenvalue weighted by molar-refractivity contribution is 5.87. The van der Waals surface area contributed by atoms with Crippen LogP contribution in [0.5, 0.6) is 0 Å². The highest BCUT2D eigenvalue weighted by Gasteiger charge is 2.58. The van der Waals surface area contributed by atoms with Gasteiger partial charge in [0.2, 0.25) is 5.89 Å². The summed E-state index contributed by atoms with van der Waals surface area (Å²) >= 11 is 0. The van der Waals surface area contributed by atoms with Gasteiger partial charge in [-0.25, -0.2) is 9.89 Å². The highest BCUT2D eigenvalue weighted by Crippen LogP contribution is 2.49. The Morgan fingerprint density at radius 3 is 2.65 bits per heavy atom. The molecular weight excluding hydrogens is 262 g/mol. The van der Waals surface area contributed by atoms with Gasteiger partial charge in [-0.15, -0.1) is 5.10 Å². The first-order chi connectivity index (χ1) is 9.66. The molecule has 0 radical (unpaired) electrons. The topological polar surface area (TPSA) is 88.4 Å². The molecule has 1 N–H and O–H groups in total. The molecule has 7 heteroatoms. The van der Waals surface area contributed by atoms with Crippen LogP contribution in [0.25, 0.3) is 0 Å². The number of piperidine rings is 1. The van der Waals surface area contributed by atoms with E-state index in [4.69, 9.17) is 9.15 Å². The Labute approximate surface area is 115 Å². The van der Waals surface area contributed by atoms with Gasteiger partial charge in [0.25, 0.3) is 5.91 Å². The second kappa shape index (κ2) is 4.18. The van der Waals surface area contributed by atoms with Crippen LogP contribution in [0.2, 0.25) is 0 Å². The van der Waals surface area contributed by atoms with Gasteiger partial charge in [0.1, 0.15) is 5.60 Å². The Bertz CT molecular complexity index is 573. The zero-order chi connectivity index (χ0) is 13.7. The van der Waals surface area contributed by atoms with Crippen LogP contribution in [0.1, 0.15) is 37.5 Å². The number of likely N-dealkylation sites (tertiary alicyclic amines) is 1. The Hall–Kier alpha value is -1.63. The first kappa shape index (κ1) is 12.1. The smallest absolute Gasteiger partial charge is 0.392 e. The zero-order valence-electron chi connectivity index (χ0n) is 11.1.